The molecule has 1 rings (SSSR count). The van der Waals surface area contributed by atoms with Gasteiger partial charge in [0.05, 0.1) is 0 Å². The van der Waals surface area contributed by atoms with Crippen molar-refractivity contribution in [1.82, 2.24) is 0 Å². The molecular weight excluding hydrogens is 180 g/mol. The number of thioether (sulfide) groups is 1. The van der Waals surface area contributed by atoms with E-state index in [1.165, 1.54) is 10.5 Å². The minimum atomic E-state index is 0.314. The Hall–Kier alpha value is -0.470. The molecule has 0 aliphatic rings. The maximum atomic E-state index is 8.59. The molecule has 0 unspecified atom stereocenters. The van der Waals surface area contributed by atoms with Crippen molar-refractivity contribution in [2.45, 2.75) is 24.7 Å². The van der Waals surface area contributed by atoms with Crippen LogP contribution in [0.5, 0.6) is 0 Å². The quantitative estimate of drug-likeness (QED) is 0.577. The van der Waals surface area contributed by atoms with Crippen molar-refractivity contribution in [3.63, 3.8) is 0 Å². The standard InChI is InChI=1S/C11H16OS/c1-10-4-6-11(7-5-10)13-9-3-2-8-12/h4-7,12H,2-3,8-9H2,1H3. The second-order valence-corrected chi connectivity index (χ2v) is 4.26. The fourth-order valence-electron chi connectivity index (χ4n) is 1.04. The van der Waals surface area contributed by atoms with E-state index in [9.17, 15) is 0 Å². The number of aryl methyl sites for hydroxylation is 1. The van der Waals surface area contributed by atoms with E-state index >= 15 is 0 Å². The van der Waals surface area contributed by atoms with Crippen molar-refractivity contribution < 1.29 is 5.11 Å². The number of hydrogen-bond donors (Lipinski definition) is 1. The van der Waals surface area contributed by atoms with Crippen LogP contribution in [0.15, 0.2) is 29.2 Å². The minimum Gasteiger partial charge on any atom is -0.396 e. The van der Waals surface area contributed by atoms with Crippen molar-refractivity contribution in [2.75, 3.05) is 12.4 Å². The lowest BCUT2D eigenvalue weighted by atomic mass is 10.2. The Morgan fingerprint density at radius 1 is 1.15 bits per heavy atom. The number of aliphatic hydroxyl groups excluding tert-OH is 1. The molecule has 0 aliphatic heterocycles. The highest BCUT2D eigenvalue weighted by molar-refractivity contribution is 7.99. The Balaban J connectivity index is 2.25. The summed E-state index contributed by atoms with van der Waals surface area (Å²) in [6.07, 6.45) is 2.01. The summed E-state index contributed by atoms with van der Waals surface area (Å²) in [6.45, 7) is 2.41. The molecule has 0 saturated heterocycles. The molecule has 0 spiro atoms. The Kier molecular flexibility index (Phi) is 4.94. The van der Waals surface area contributed by atoms with Crippen LogP contribution in [0.2, 0.25) is 0 Å². The van der Waals surface area contributed by atoms with E-state index in [0.29, 0.717) is 6.61 Å². The predicted molar refractivity (Wildman–Crippen MR) is 58.2 cm³/mol. The Labute approximate surface area is 84.2 Å². The molecule has 0 radical (unpaired) electrons. The number of benzene rings is 1. The number of aliphatic hydroxyl groups is 1. The second kappa shape index (κ2) is 6.06. The van der Waals surface area contributed by atoms with Crippen LogP contribution < -0.4 is 0 Å². The molecule has 0 atom stereocenters. The zero-order valence-electron chi connectivity index (χ0n) is 7.99. The average Bonchev–Trinajstić information content (AvgIpc) is 2.15. The highest BCUT2D eigenvalue weighted by Gasteiger charge is 1.93. The molecule has 0 amide bonds. The topological polar surface area (TPSA) is 20.2 Å². The van der Waals surface area contributed by atoms with E-state index in [1.54, 1.807) is 0 Å². The van der Waals surface area contributed by atoms with Gasteiger partial charge in [-0.3, -0.25) is 0 Å². The molecule has 0 heterocycles. The van der Waals surface area contributed by atoms with Crippen molar-refractivity contribution in [3.8, 4) is 0 Å². The van der Waals surface area contributed by atoms with Gasteiger partial charge in [-0.1, -0.05) is 17.7 Å². The summed E-state index contributed by atoms with van der Waals surface area (Å²) >= 11 is 1.86. The van der Waals surface area contributed by atoms with Crippen molar-refractivity contribution in [1.29, 1.82) is 0 Å². The third-order valence-corrected chi connectivity index (χ3v) is 2.94. The molecule has 72 valence electrons. The Morgan fingerprint density at radius 2 is 1.85 bits per heavy atom. The van der Waals surface area contributed by atoms with E-state index in [4.69, 9.17) is 5.11 Å². The van der Waals surface area contributed by atoms with E-state index in [2.05, 4.69) is 31.2 Å². The van der Waals surface area contributed by atoms with Gasteiger partial charge in [-0.05, 0) is 37.7 Å². The smallest absolute Gasteiger partial charge is 0.0431 e. The zero-order chi connectivity index (χ0) is 9.52. The average molecular weight is 196 g/mol. The van der Waals surface area contributed by atoms with Gasteiger partial charge in [0.1, 0.15) is 0 Å². The third kappa shape index (κ3) is 4.34. The van der Waals surface area contributed by atoms with Gasteiger partial charge in [0.2, 0.25) is 0 Å². The fourth-order valence-corrected chi connectivity index (χ4v) is 1.95. The summed E-state index contributed by atoms with van der Waals surface area (Å²) < 4.78 is 0. The first-order valence-corrected chi connectivity index (χ1v) is 5.62. The van der Waals surface area contributed by atoms with Gasteiger partial charge < -0.3 is 5.11 Å². The first kappa shape index (κ1) is 10.6. The van der Waals surface area contributed by atoms with Gasteiger partial charge in [0.25, 0.3) is 0 Å². The highest BCUT2D eigenvalue weighted by Crippen LogP contribution is 2.19. The van der Waals surface area contributed by atoms with Crippen LogP contribution >= 0.6 is 11.8 Å². The summed E-state index contributed by atoms with van der Waals surface area (Å²) in [5.74, 6) is 1.10. The fraction of sp³-hybridized carbons (Fsp3) is 0.455. The van der Waals surface area contributed by atoms with Crippen LogP contribution in [0.3, 0.4) is 0 Å². The van der Waals surface area contributed by atoms with Crippen LogP contribution in [-0.4, -0.2) is 17.5 Å². The van der Waals surface area contributed by atoms with Gasteiger partial charge in [-0.15, -0.1) is 11.8 Å². The van der Waals surface area contributed by atoms with E-state index in [1.807, 2.05) is 11.8 Å². The lowest BCUT2D eigenvalue weighted by molar-refractivity contribution is 0.287. The Bertz CT molecular complexity index is 230. The van der Waals surface area contributed by atoms with E-state index in [0.717, 1.165) is 18.6 Å². The van der Waals surface area contributed by atoms with Gasteiger partial charge in [0, 0.05) is 11.5 Å². The Morgan fingerprint density at radius 3 is 2.46 bits per heavy atom. The molecule has 1 N–H and O–H groups in total. The molecule has 0 fully saturated rings. The van der Waals surface area contributed by atoms with Crippen LogP contribution in [0, 0.1) is 6.92 Å². The number of rotatable bonds is 5. The molecule has 0 bridgehead atoms. The predicted octanol–water partition coefficient (Wildman–Crippen LogP) is 2.86. The van der Waals surface area contributed by atoms with Crippen LogP contribution in [0.1, 0.15) is 18.4 Å². The van der Waals surface area contributed by atoms with Gasteiger partial charge >= 0.3 is 0 Å². The summed E-state index contributed by atoms with van der Waals surface area (Å²) in [7, 11) is 0. The van der Waals surface area contributed by atoms with Gasteiger partial charge in [-0.25, -0.2) is 0 Å². The molecule has 0 aliphatic carbocycles. The molecule has 0 saturated carbocycles. The normalized spacial score (nSPS) is 10.3. The first-order valence-electron chi connectivity index (χ1n) is 4.63. The molecule has 0 aromatic heterocycles. The summed E-state index contributed by atoms with van der Waals surface area (Å²) in [4.78, 5) is 1.32. The van der Waals surface area contributed by atoms with Crippen LogP contribution in [-0.2, 0) is 0 Å². The number of unbranched alkanes of at least 4 members (excludes halogenated alkanes) is 1. The highest BCUT2D eigenvalue weighted by atomic mass is 32.2. The molecule has 1 aromatic rings. The van der Waals surface area contributed by atoms with Crippen molar-refractivity contribution in [3.05, 3.63) is 29.8 Å². The minimum absolute atomic E-state index is 0.314. The molecule has 2 heteroatoms. The first-order chi connectivity index (χ1) is 6.33. The maximum Gasteiger partial charge on any atom is 0.0431 e. The monoisotopic (exact) mass is 196 g/mol. The summed E-state index contributed by atoms with van der Waals surface area (Å²) in [5.41, 5.74) is 1.31. The van der Waals surface area contributed by atoms with E-state index in [-0.39, 0.29) is 0 Å². The number of hydrogen-bond acceptors (Lipinski definition) is 2. The van der Waals surface area contributed by atoms with Crippen molar-refractivity contribution >= 4 is 11.8 Å². The van der Waals surface area contributed by atoms with Gasteiger partial charge in [0.15, 0.2) is 0 Å². The van der Waals surface area contributed by atoms with Crippen molar-refractivity contribution in [2.24, 2.45) is 0 Å². The second-order valence-electron chi connectivity index (χ2n) is 3.09. The summed E-state index contributed by atoms with van der Waals surface area (Å²) in [6, 6.07) is 8.57. The zero-order valence-corrected chi connectivity index (χ0v) is 8.81. The van der Waals surface area contributed by atoms with Crippen LogP contribution in [0.4, 0.5) is 0 Å². The SMILES string of the molecule is Cc1ccc(SCCCCO)cc1. The molecular formula is C11H16OS. The molecule has 13 heavy (non-hydrogen) atoms. The van der Waals surface area contributed by atoms with E-state index < -0.39 is 0 Å². The summed E-state index contributed by atoms with van der Waals surface area (Å²) in [5, 5.41) is 8.59. The third-order valence-electron chi connectivity index (χ3n) is 1.84. The molecule has 1 nitrogen and oxygen atoms in total. The largest absolute Gasteiger partial charge is 0.396 e. The lowest BCUT2D eigenvalue weighted by Crippen LogP contribution is -1.85. The lowest BCUT2D eigenvalue weighted by Gasteiger charge is -2.00. The van der Waals surface area contributed by atoms with Gasteiger partial charge in [-0.2, -0.15) is 0 Å². The molecule has 1 aromatic carbocycles. The maximum absolute atomic E-state index is 8.59. The van der Waals surface area contributed by atoms with Crippen LogP contribution in [0.25, 0.3) is 0 Å².